The Morgan fingerprint density at radius 1 is 1.40 bits per heavy atom. The Balaban J connectivity index is 2.25. The lowest BCUT2D eigenvalue weighted by Crippen LogP contribution is -2.36. The van der Waals surface area contributed by atoms with Crippen LogP contribution in [0.1, 0.15) is 16.8 Å². The van der Waals surface area contributed by atoms with Gasteiger partial charge in [-0.15, -0.1) is 0 Å². The molecular formula is C11H14N4O4S. The van der Waals surface area contributed by atoms with E-state index < -0.39 is 22.0 Å². The summed E-state index contributed by atoms with van der Waals surface area (Å²) in [6.07, 6.45) is 0.0818. The fraction of sp³-hybridized carbons (Fsp3) is 0.273. The van der Waals surface area contributed by atoms with Gasteiger partial charge in [0.05, 0.1) is 5.69 Å². The highest BCUT2D eigenvalue weighted by Gasteiger charge is 2.28. The highest BCUT2D eigenvalue weighted by Crippen LogP contribution is 2.20. The monoisotopic (exact) mass is 298 g/mol. The molecule has 1 aliphatic heterocycles. The third-order valence-corrected chi connectivity index (χ3v) is 4.48. The van der Waals surface area contributed by atoms with Crippen LogP contribution in [0.4, 0.5) is 5.69 Å². The maximum Gasteiger partial charge on any atom is 0.248 e. The molecule has 0 aliphatic carbocycles. The standard InChI is InChI=1S/C11H14N4O4S/c12-8-3-6(11(13)17)1-2-9(8)20(18,19)15-7-4-10(16)14-5-7/h1-3,7,15H,4-5,12H2,(H2,13,17)(H,14,16). The van der Waals surface area contributed by atoms with Gasteiger partial charge in [-0.05, 0) is 18.2 Å². The quantitative estimate of drug-likeness (QED) is 0.502. The van der Waals surface area contributed by atoms with Gasteiger partial charge in [-0.1, -0.05) is 0 Å². The molecule has 0 aromatic heterocycles. The van der Waals surface area contributed by atoms with Gasteiger partial charge in [0, 0.05) is 24.6 Å². The van der Waals surface area contributed by atoms with E-state index in [1.165, 1.54) is 18.2 Å². The van der Waals surface area contributed by atoms with Crippen molar-refractivity contribution in [3.8, 4) is 0 Å². The number of anilines is 1. The zero-order valence-corrected chi connectivity index (χ0v) is 11.2. The number of sulfonamides is 1. The molecule has 2 rings (SSSR count). The number of benzene rings is 1. The van der Waals surface area contributed by atoms with Crippen LogP contribution in [0.2, 0.25) is 0 Å². The Morgan fingerprint density at radius 3 is 2.60 bits per heavy atom. The molecule has 1 heterocycles. The second-order valence-corrected chi connectivity index (χ2v) is 6.13. The first-order valence-corrected chi connectivity index (χ1v) is 7.26. The van der Waals surface area contributed by atoms with E-state index in [1.807, 2.05) is 0 Å². The molecule has 1 aliphatic rings. The second kappa shape index (κ2) is 5.10. The van der Waals surface area contributed by atoms with E-state index >= 15 is 0 Å². The molecule has 1 unspecified atom stereocenters. The molecule has 8 nitrogen and oxygen atoms in total. The van der Waals surface area contributed by atoms with Crippen LogP contribution in [0.3, 0.4) is 0 Å². The van der Waals surface area contributed by atoms with Crippen molar-refractivity contribution < 1.29 is 18.0 Å². The number of primary amides is 1. The molecule has 1 saturated heterocycles. The summed E-state index contributed by atoms with van der Waals surface area (Å²) in [5, 5.41) is 2.52. The molecule has 1 atom stereocenters. The fourth-order valence-electron chi connectivity index (χ4n) is 1.92. The smallest absolute Gasteiger partial charge is 0.248 e. The maximum absolute atomic E-state index is 12.2. The number of hydrogen-bond donors (Lipinski definition) is 4. The van der Waals surface area contributed by atoms with Crippen molar-refractivity contribution in [2.75, 3.05) is 12.3 Å². The van der Waals surface area contributed by atoms with Crippen molar-refractivity contribution in [1.82, 2.24) is 10.0 Å². The molecular weight excluding hydrogens is 284 g/mol. The minimum atomic E-state index is -3.86. The average molecular weight is 298 g/mol. The van der Waals surface area contributed by atoms with Crippen LogP contribution in [0.5, 0.6) is 0 Å². The summed E-state index contributed by atoms with van der Waals surface area (Å²) in [4.78, 5) is 21.9. The van der Waals surface area contributed by atoms with Gasteiger partial charge in [-0.25, -0.2) is 13.1 Å². The lowest BCUT2D eigenvalue weighted by Gasteiger charge is -2.13. The van der Waals surface area contributed by atoms with Gasteiger partial charge in [0.2, 0.25) is 21.8 Å². The van der Waals surface area contributed by atoms with Crippen molar-refractivity contribution >= 4 is 27.5 Å². The van der Waals surface area contributed by atoms with Crippen molar-refractivity contribution in [3.05, 3.63) is 23.8 Å². The largest absolute Gasteiger partial charge is 0.398 e. The summed E-state index contributed by atoms with van der Waals surface area (Å²) in [6, 6.07) is 3.19. The molecule has 0 radical (unpaired) electrons. The molecule has 1 aromatic carbocycles. The number of rotatable bonds is 4. The molecule has 2 amide bonds. The van der Waals surface area contributed by atoms with Crippen LogP contribution < -0.4 is 21.5 Å². The Morgan fingerprint density at radius 2 is 2.10 bits per heavy atom. The van der Waals surface area contributed by atoms with Crippen LogP contribution in [0.15, 0.2) is 23.1 Å². The van der Waals surface area contributed by atoms with Gasteiger partial charge in [-0.2, -0.15) is 0 Å². The maximum atomic E-state index is 12.2. The van der Waals surface area contributed by atoms with E-state index in [1.54, 1.807) is 0 Å². The Labute approximate surface area is 115 Å². The Bertz CT molecular complexity index is 671. The number of carbonyl (C=O) groups is 2. The summed E-state index contributed by atoms with van der Waals surface area (Å²) in [7, 11) is -3.86. The highest BCUT2D eigenvalue weighted by molar-refractivity contribution is 7.89. The van der Waals surface area contributed by atoms with Gasteiger partial charge < -0.3 is 16.8 Å². The number of carbonyl (C=O) groups excluding carboxylic acids is 2. The van der Waals surface area contributed by atoms with Gasteiger partial charge in [0.25, 0.3) is 0 Å². The van der Waals surface area contributed by atoms with Gasteiger partial charge in [0.1, 0.15) is 4.90 Å². The normalized spacial score (nSPS) is 18.8. The summed E-state index contributed by atoms with van der Waals surface area (Å²) in [5.41, 5.74) is 10.8. The summed E-state index contributed by atoms with van der Waals surface area (Å²) in [5.74, 6) is -0.908. The lowest BCUT2D eigenvalue weighted by molar-refractivity contribution is -0.119. The van der Waals surface area contributed by atoms with Gasteiger partial charge in [0.15, 0.2) is 0 Å². The Hall–Kier alpha value is -2.13. The Kier molecular flexibility index (Phi) is 3.64. The van der Waals surface area contributed by atoms with E-state index in [2.05, 4.69) is 10.0 Å². The van der Waals surface area contributed by atoms with E-state index in [9.17, 15) is 18.0 Å². The van der Waals surface area contributed by atoms with Crippen LogP contribution >= 0.6 is 0 Å². The lowest BCUT2D eigenvalue weighted by atomic mass is 10.2. The second-order valence-electron chi connectivity index (χ2n) is 4.44. The number of hydrogen-bond acceptors (Lipinski definition) is 5. The SMILES string of the molecule is NC(=O)c1ccc(S(=O)(=O)NC2CNC(=O)C2)c(N)c1. The third-order valence-electron chi connectivity index (χ3n) is 2.88. The van der Waals surface area contributed by atoms with Crippen LogP contribution in [-0.2, 0) is 14.8 Å². The zero-order valence-electron chi connectivity index (χ0n) is 10.4. The molecule has 1 aromatic rings. The molecule has 6 N–H and O–H groups in total. The predicted molar refractivity (Wildman–Crippen MR) is 71.1 cm³/mol. The molecule has 0 saturated carbocycles. The molecule has 0 bridgehead atoms. The zero-order chi connectivity index (χ0) is 14.9. The highest BCUT2D eigenvalue weighted by atomic mass is 32.2. The summed E-state index contributed by atoms with van der Waals surface area (Å²) >= 11 is 0. The first-order valence-electron chi connectivity index (χ1n) is 5.78. The van der Waals surface area contributed by atoms with Crippen molar-refractivity contribution in [3.63, 3.8) is 0 Å². The summed E-state index contributed by atoms with van der Waals surface area (Å²) < 4.78 is 26.7. The van der Waals surface area contributed by atoms with E-state index in [0.29, 0.717) is 0 Å². The van der Waals surface area contributed by atoms with Crippen molar-refractivity contribution in [2.24, 2.45) is 5.73 Å². The number of nitrogens with two attached hydrogens (primary N) is 2. The fourth-order valence-corrected chi connectivity index (χ4v) is 3.27. The number of amides is 2. The third kappa shape index (κ3) is 2.89. The van der Waals surface area contributed by atoms with Crippen LogP contribution in [0, 0.1) is 0 Å². The minimum Gasteiger partial charge on any atom is -0.398 e. The minimum absolute atomic E-state index is 0.0777. The predicted octanol–water partition coefficient (Wildman–Crippen LogP) is -1.47. The first-order chi connectivity index (χ1) is 9.29. The number of nitrogen functional groups attached to an aromatic ring is 1. The summed E-state index contributed by atoms with van der Waals surface area (Å²) in [6.45, 7) is 0.233. The van der Waals surface area contributed by atoms with E-state index in [-0.39, 0.29) is 35.0 Å². The van der Waals surface area contributed by atoms with Crippen molar-refractivity contribution in [2.45, 2.75) is 17.4 Å². The topological polar surface area (TPSA) is 144 Å². The van der Waals surface area contributed by atoms with Gasteiger partial charge in [-0.3, -0.25) is 9.59 Å². The number of nitrogens with one attached hydrogen (secondary N) is 2. The van der Waals surface area contributed by atoms with E-state index in [0.717, 1.165) is 0 Å². The van der Waals surface area contributed by atoms with Crippen LogP contribution in [0.25, 0.3) is 0 Å². The molecule has 9 heteroatoms. The molecule has 108 valence electrons. The van der Waals surface area contributed by atoms with Crippen LogP contribution in [-0.4, -0.2) is 32.8 Å². The molecule has 0 spiro atoms. The van der Waals surface area contributed by atoms with Gasteiger partial charge >= 0.3 is 0 Å². The molecule has 1 fully saturated rings. The van der Waals surface area contributed by atoms with E-state index in [4.69, 9.17) is 11.5 Å². The molecule has 20 heavy (non-hydrogen) atoms. The first kappa shape index (κ1) is 14.3. The average Bonchev–Trinajstić information content (AvgIpc) is 2.73. The van der Waals surface area contributed by atoms with Crippen molar-refractivity contribution in [1.29, 1.82) is 0 Å².